The lowest BCUT2D eigenvalue weighted by Crippen LogP contribution is -2.19. The molecule has 0 fully saturated rings. The summed E-state index contributed by atoms with van der Waals surface area (Å²) in [5, 5.41) is 9.63. The highest BCUT2D eigenvalue weighted by molar-refractivity contribution is 5.29. The van der Waals surface area contributed by atoms with Gasteiger partial charge in [-0.25, -0.2) is 4.39 Å². The van der Waals surface area contributed by atoms with Crippen LogP contribution in [-0.2, 0) is 6.42 Å². The number of hydrogen-bond acceptors (Lipinski definition) is 2. The molecule has 1 N–H and O–H groups in total. The normalized spacial score (nSPS) is 14.6. The van der Waals surface area contributed by atoms with Gasteiger partial charge in [-0.1, -0.05) is 19.9 Å². The molecule has 0 spiro atoms. The Morgan fingerprint density at radius 1 is 1.44 bits per heavy atom. The van der Waals surface area contributed by atoms with Crippen LogP contribution in [0.15, 0.2) is 18.2 Å². The first kappa shape index (κ1) is 13.0. The Hall–Kier alpha value is -1.09. The van der Waals surface area contributed by atoms with Gasteiger partial charge in [0.05, 0.1) is 13.2 Å². The van der Waals surface area contributed by atoms with Crippen molar-refractivity contribution in [3.8, 4) is 5.75 Å². The molecule has 1 aromatic carbocycles. The molecule has 2 unspecified atom stereocenters. The van der Waals surface area contributed by atoms with E-state index in [1.165, 1.54) is 13.2 Å². The van der Waals surface area contributed by atoms with Gasteiger partial charge in [-0.3, -0.25) is 0 Å². The fraction of sp³-hybridized carbons (Fsp3) is 0.538. The fourth-order valence-corrected chi connectivity index (χ4v) is 1.71. The van der Waals surface area contributed by atoms with E-state index in [4.69, 9.17) is 4.74 Å². The smallest absolute Gasteiger partial charge is 0.130 e. The minimum absolute atomic E-state index is 0.0629. The molecule has 1 rings (SSSR count). The number of halogens is 1. The van der Waals surface area contributed by atoms with Gasteiger partial charge >= 0.3 is 0 Å². The van der Waals surface area contributed by atoms with Crippen molar-refractivity contribution in [2.24, 2.45) is 5.92 Å². The standard InChI is InChI=1S/C13H19FO2/c1-4-13(15)9(2)7-10-5-6-11(16-3)8-12(10)14/h5-6,8-9,13,15H,4,7H2,1-3H3. The molecule has 0 saturated carbocycles. The van der Waals surface area contributed by atoms with Crippen LogP contribution in [0, 0.1) is 11.7 Å². The third-order valence-corrected chi connectivity index (χ3v) is 2.88. The van der Waals surface area contributed by atoms with Crippen molar-refractivity contribution < 1.29 is 14.2 Å². The zero-order chi connectivity index (χ0) is 12.1. The summed E-state index contributed by atoms with van der Waals surface area (Å²) in [5.41, 5.74) is 0.626. The largest absolute Gasteiger partial charge is 0.497 e. The third kappa shape index (κ3) is 3.20. The monoisotopic (exact) mass is 226 g/mol. The van der Waals surface area contributed by atoms with Crippen LogP contribution in [0.25, 0.3) is 0 Å². The van der Waals surface area contributed by atoms with Gasteiger partial charge < -0.3 is 9.84 Å². The predicted molar refractivity (Wildman–Crippen MR) is 62.1 cm³/mol. The second-order valence-electron chi connectivity index (χ2n) is 4.11. The molecule has 2 atom stereocenters. The Bertz CT molecular complexity index is 339. The van der Waals surface area contributed by atoms with Crippen LogP contribution < -0.4 is 4.74 Å². The van der Waals surface area contributed by atoms with Gasteiger partial charge in [0.2, 0.25) is 0 Å². The lowest BCUT2D eigenvalue weighted by molar-refractivity contribution is 0.112. The molecule has 2 nitrogen and oxygen atoms in total. The van der Waals surface area contributed by atoms with E-state index in [1.807, 2.05) is 13.8 Å². The molecular formula is C13H19FO2. The average Bonchev–Trinajstić information content (AvgIpc) is 2.30. The lowest BCUT2D eigenvalue weighted by Gasteiger charge is -2.17. The Morgan fingerprint density at radius 2 is 2.12 bits per heavy atom. The molecule has 0 heterocycles. The van der Waals surface area contributed by atoms with E-state index in [2.05, 4.69) is 0 Å². The highest BCUT2D eigenvalue weighted by Crippen LogP contribution is 2.20. The first-order valence-electron chi connectivity index (χ1n) is 5.59. The molecular weight excluding hydrogens is 207 g/mol. The second kappa shape index (κ2) is 5.85. The van der Waals surface area contributed by atoms with E-state index in [0.717, 1.165) is 0 Å². The molecule has 16 heavy (non-hydrogen) atoms. The highest BCUT2D eigenvalue weighted by Gasteiger charge is 2.15. The maximum Gasteiger partial charge on any atom is 0.130 e. The minimum Gasteiger partial charge on any atom is -0.497 e. The maximum atomic E-state index is 13.6. The molecule has 0 amide bonds. The molecule has 0 aromatic heterocycles. The third-order valence-electron chi connectivity index (χ3n) is 2.88. The molecule has 3 heteroatoms. The van der Waals surface area contributed by atoms with Crippen molar-refractivity contribution in [3.05, 3.63) is 29.6 Å². The van der Waals surface area contributed by atoms with E-state index in [9.17, 15) is 9.50 Å². The maximum absolute atomic E-state index is 13.6. The van der Waals surface area contributed by atoms with Crippen LogP contribution in [-0.4, -0.2) is 18.3 Å². The summed E-state index contributed by atoms with van der Waals surface area (Å²) in [6.45, 7) is 3.85. The Kier molecular flexibility index (Phi) is 4.74. The number of rotatable bonds is 5. The Balaban J connectivity index is 2.74. The first-order valence-corrected chi connectivity index (χ1v) is 5.59. The van der Waals surface area contributed by atoms with Crippen molar-refractivity contribution in [2.45, 2.75) is 32.8 Å². The number of aliphatic hydroxyl groups is 1. The number of ether oxygens (including phenoxy) is 1. The van der Waals surface area contributed by atoms with Crippen molar-refractivity contribution in [2.75, 3.05) is 7.11 Å². The van der Waals surface area contributed by atoms with Gasteiger partial charge in [-0.2, -0.15) is 0 Å². The summed E-state index contributed by atoms with van der Waals surface area (Å²) < 4.78 is 18.5. The number of benzene rings is 1. The topological polar surface area (TPSA) is 29.5 Å². The van der Waals surface area contributed by atoms with Crippen molar-refractivity contribution >= 4 is 0 Å². The van der Waals surface area contributed by atoms with Crippen LogP contribution in [0.3, 0.4) is 0 Å². The van der Waals surface area contributed by atoms with Gasteiger partial charge in [0.1, 0.15) is 11.6 Å². The minimum atomic E-state index is -0.374. The van der Waals surface area contributed by atoms with Gasteiger partial charge in [-0.05, 0) is 30.4 Å². The molecule has 0 saturated heterocycles. The zero-order valence-electron chi connectivity index (χ0n) is 10.0. The van der Waals surface area contributed by atoms with Gasteiger partial charge in [-0.15, -0.1) is 0 Å². The van der Waals surface area contributed by atoms with Crippen molar-refractivity contribution in [1.82, 2.24) is 0 Å². The van der Waals surface area contributed by atoms with Crippen LogP contribution >= 0.6 is 0 Å². The van der Waals surface area contributed by atoms with Crippen molar-refractivity contribution in [3.63, 3.8) is 0 Å². The second-order valence-corrected chi connectivity index (χ2v) is 4.11. The summed E-state index contributed by atoms with van der Waals surface area (Å²) >= 11 is 0. The summed E-state index contributed by atoms with van der Waals surface area (Å²) in [7, 11) is 1.51. The van der Waals surface area contributed by atoms with E-state index in [1.54, 1.807) is 12.1 Å². The van der Waals surface area contributed by atoms with Crippen LogP contribution in [0.5, 0.6) is 5.75 Å². The van der Waals surface area contributed by atoms with E-state index < -0.39 is 0 Å². The summed E-state index contributed by atoms with van der Waals surface area (Å²) in [6.07, 6.45) is 0.866. The SMILES string of the molecule is CCC(O)C(C)Cc1ccc(OC)cc1F. The van der Waals surface area contributed by atoms with E-state index in [-0.39, 0.29) is 17.8 Å². The molecule has 0 aliphatic carbocycles. The summed E-state index contributed by atoms with van der Waals surface area (Å²) in [6, 6.07) is 4.83. The highest BCUT2D eigenvalue weighted by atomic mass is 19.1. The first-order chi connectivity index (χ1) is 7.58. The van der Waals surface area contributed by atoms with Gasteiger partial charge in [0.15, 0.2) is 0 Å². The zero-order valence-corrected chi connectivity index (χ0v) is 10.0. The van der Waals surface area contributed by atoms with E-state index >= 15 is 0 Å². The van der Waals surface area contributed by atoms with Crippen molar-refractivity contribution in [1.29, 1.82) is 0 Å². The predicted octanol–water partition coefficient (Wildman–Crippen LogP) is 2.78. The fourth-order valence-electron chi connectivity index (χ4n) is 1.71. The Morgan fingerprint density at radius 3 is 2.62 bits per heavy atom. The lowest BCUT2D eigenvalue weighted by atomic mass is 9.94. The Labute approximate surface area is 96.1 Å². The van der Waals surface area contributed by atoms with Crippen LogP contribution in [0.1, 0.15) is 25.8 Å². The molecule has 0 radical (unpaired) electrons. The molecule has 0 aliphatic rings. The molecule has 0 aliphatic heterocycles. The molecule has 0 bridgehead atoms. The van der Waals surface area contributed by atoms with Gasteiger partial charge in [0, 0.05) is 6.07 Å². The number of aliphatic hydroxyl groups excluding tert-OH is 1. The van der Waals surface area contributed by atoms with E-state index in [0.29, 0.717) is 24.2 Å². The quantitative estimate of drug-likeness (QED) is 0.836. The number of hydrogen-bond donors (Lipinski definition) is 1. The molecule has 1 aromatic rings. The average molecular weight is 226 g/mol. The summed E-state index contributed by atoms with van der Waals surface area (Å²) in [4.78, 5) is 0. The van der Waals surface area contributed by atoms with Crippen LogP contribution in [0.2, 0.25) is 0 Å². The molecule has 90 valence electrons. The summed E-state index contributed by atoms with van der Waals surface area (Å²) in [5.74, 6) is 0.312. The number of methoxy groups -OCH3 is 1. The van der Waals surface area contributed by atoms with Gasteiger partial charge in [0.25, 0.3) is 0 Å². The van der Waals surface area contributed by atoms with Crippen LogP contribution in [0.4, 0.5) is 4.39 Å².